The van der Waals surface area contributed by atoms with Crippen molar-refractivity contribution in [2.24, 2.45) is 0 Å². The Morgan fingerprint density at radius 2 is 1.27 bits per heavy atom. The van der Waals surface area contributed by atoms with Gasteiger partial charge in [0.15, 0.2) is 5.78 Å². The average molecular weight is 369 g/mol. The first-order valence-corrected chi connectivity index (χ1v) is 10.0. The number of ketones is 2. The van der Waals surface area contributed by atoms with Gasteiger partial charge >= 0.3 is 0 Å². The van der Waals surface area contributed by atoms with Crippen LogP contribution in [0.25, 0.3) is 0 Å². The predicted molar refractivity (Wildman–Crippen MR) is 103 cm³/mol. The van der Waals surface area contributed by atoms with Gasteiger partial charge in [-0.3, -0.25) is 14.4 Å². The predicted octanol–water partition coefficient (Wildman–Crippen LogP) is 2.98. The van der Waals surface area contributed by atoms with Crippen LogP contribution in [0.5, 0.6) is 0 Å². The maximum absolute atomic E-state index is 12.7. The van der Waals surface area contributed by atoms with Crippen LogP contribution in [0.2, 0.25) is 0 Å². The minimum atomic E-state index is -0.459. The van der Waals surface area contributed by atoms with Crippen molar-refractivity contribution in [3.8, 4) is 0 Å². The molecular weight excluding hydrogens is 332 g/mol. The topological polar surface area (TPSA) is 74.8 Å². The number of nitrogens with zero attached hydrogens (tertiary/aromatic N) is 2. The Kier molecular flexibility index (Phi) is 11.8. The fraction of sp³-hybridized carbons (Fsp3) is 0.800. The summed E-state index contributed by atoms with van der Waals surface area (Å²) in [6.45, 7) is 12.1. The summed E-state index contributed by atoms with van der Waals surface area (Å²) in [4.78, 5) is 50.9. The summed E-state index contributed by atoms with van der Waals surface area (Å²) in [5.41, 5.74) is 0. The van der Waals surface area contributed by atoms with E-state index in [0.29, 0.717) is 25.9 Å². The monoisotopic (exact) mass is 368 g/mol. The zero-order valence-electron chi connectivity index (χ0n) is 17.3. The molecule has 2 heterocycles. The van der Waals surface area contributed by atoms with Gasteiger partial charge in [-0.15, -0.1) is 0 Å². The van der Waals surface area contributed by atoms with E-state index in [-0.39, 0.29) is 42.3 Å². The maximum atomic E-state index is 12.7. The van der Waals surface area contributed by atoms with Gasteiger partial charge in [0.1, 0.15) is 11.8 Å². The summed E-state index contributed by atoms with van der Waals surface area (Å²) in [7, 11) is 0. The second-order valence-electron chi connectivity index (χ2n) is 6.25. The average Bonchev–Trinajstić information content (AvgIpc) is 3.31. The molecule has 2 aliphatic rings. The highest BCUT2D eigenvalue weighted by Crippen LogP contribution is 2.25. The lowest BCUT2D eigenvalue weighted by molar-refractivity contribution is -0.146. The second-order valence-corrected chi connectivity index (χ2v) is 6.25. The largest absolute Gasteiger partial charge is 0.331 e. The molecule has 0 aromatic carbocycles. The van der Waals surface area contributed by atoms with Crippen LogP contribution < -0.4 is 0 Å². The summed E-state index contributed by atoms with van der Waals surface area (Å²) in [6, 6.07) is -0.790. The summed E-state index contributed by atoms with van der Waals surface area (Å²) in [6.07, 6.45) is 3.37. The van der Waals surface area contributed by atoms with Crippen molar-refractivity contribution in [3.63, 3.8) is 0 Å². The van der Waals surface area contributed by atoms with Crippen molar-refractivity contribution in [1.29, 1.82) is 0 Å². The van der Waals surface area contributed by atoms with Crippen molar-refractivity contribution in [3.05, 3.63) is 0 Å². The van der Waals surface area contributed by atoms with Gasteiger partial charge in [0, 0.05) is 25.9 Å². The lowest BCUT2D eigenvalue weighted by atomic mass is 10.1. The summed E-state index contributed by atoms with van der Waals surface area (Å²) >= 11 is 0. The first-order valence-electron chi connectivity index (χ1n) is 10.0. The fourth-order valence-corrected chi connectivity index (χ4v) is 3.39. The molecule has 0 radical (unpaired) electrons. The molecule has 0 aromatic rings. The highest BCUT2D eigenvalue weighted by molar-refractivity contribution is 5.93. The zero-order valence-corrected chi connectivity index (χ0v) is 17.3. The molecule has 2 saturated heterocycles. The molecule has 26 heavy (non-hydrogen) atoms. The molecule has 0 aliphatic carbocycles. The Labute approximate surface area is 158 Å². The molecule has 0 aromatic heterocycles. The maximum Gasteiger partial charge on any atom is 0.245 e. The van der Waals surface area contributed by atoms with E-state index in [0.717, 1.165) is 12.8 Å². The number of carbonyl (C=O) groups excluding carboxylic acids is 4. The molecule has 2 unspecified atom stereocenters. The van der Waals surface area contributed by atoms with Crippen molar-refractivity contribution in [2.45, 2.75) is 92.2 Å². The summed E-state index contributed by atoms with van der Waals surface area (Å²) < 4.78 is 0. The number of hydrogen-bond acceptors (Lipinski definition) is 4. The Morgan fingerprint density at radius 3 is 1.77 bits per heavy atom. The van der Waals surface area contributed by atoms with Crippen LogP contribution in [0.1, 0.15) is 80.1 Å². The van der Waals surface area contributed by atoms with E-state index < -0.39 is 6.04 Å². The van der Waals surface area contributed by atoms with E-state index in [9.17, 15) is 19.2 Å². The molecule has 2 rings (SSSR count). The molecule has 2 fully saturated rings. The number of amides is 2. The van der Waals surface area contributed by atoms with Gasteiger partial charge < -0.3 is 14.6 Å². The first-order chi connectivity index (χ1) is 12.4. The first kappa shape index (κ1) is 24.3. The minimum absolute atomic E-state index is 0.0123. The molecule has 2 amide bonds. The fourth-order valence-electron chi connectivity index (χ4n) is 3.39. The van der Waals surface area contributed by atoms with E-state index >= 15 is 0 Å². The molecule has 0 bridgehead atoms. The minimum Gasteiger partial charge on any atom is -0.331 e. The van der Waals surface area contributed by atoms with Crippen molar-refractivity contribution < 1.29 is 19.2 Å². The molecule has 2 aliphatic heterocycles. The highest BCUT2D eigenvalue weighted by Gasteiger charge is 2.40. The molecule has 2 atom stereocenters. The third-order valence-corrected chi connectivity index (χ3v) is 4.55. The highest BCUT2D eigenvalue weighted by atomic mass is 16.2. The molecule has 150 valence electrons. The Morgan fingerprint density at radius 1 is 0.769 bits per heavy atom. The van der Waals surface area contributed by atoms with Crippen LogP contribution in [-0.4, -0.2) is 58.4 Å². The van der Waals surface area contributed by atoms with E-state index in [1.165, 1.54) is 13.8 Å². The number of carbonyl (C=O) groups is 4. The third kappa shape index (κ3) is 6.54. The lowest BCUT2D eigenvalue weighted by Crippen LogP contribution is -2.50. The quantitative estimate of drug-likeness (QED) is 0.748. The molecular formula is C20H36N2O4. The Balaban J connectivity index is 0.00000146. The number of rotatable bonds is 5. The molecule has 0 spiro atoms. The van der Waals surface area contributed by atoms with Gasteiger partial charge in [0.25, 0.3) is 0 Å². The third-order valence-electron chi connectivity index (χ3n) is 4.55. The van der Waals surface area contributed by atoms with Crippen LogP contribution in [0, 0.1) is 0 Å². The molecule has 0 saturated carbocycles. The number of likely N-dealkylation sites (tertiary alicyclic amines) is 2. The van der Waals surface area contributed by atoms with Crippen LogP contribution in [-0.2, 0) is 19.2 Å². The van der Waals surface area contributed by atoms with Crippen LogP contribution >= 0.6 is 0 Å². The molecule has 6 heteroatoms. The van der Waals surface area contributed by atoms with Crippen LogP contribution in [0.3, 0.4) is 0 Å². The second kappa shape index (κ2) is 12.6. The van der Waals surface area contributed by atoms with Gasteiger partial charge in [0.05, 0.1) is 6.04 Å². The van der Waals surface area contributed by atoms with Gasteiger partial charge in [-0.25, -0.2) is 0 Å². The SMILES string of the molecule is CC.CC.CC(=O)CCC(=O)N1CCCC1C(=O)N1CCCC1C(C)=O. The van der Waals surface area contributed by atoms with E-state index in [1.807, 2.05) is 27.7 Å². The Bertz CT molecular complexity index is 490. The number of Topliss-reactive ketones (excluding diaryl/α,β-unsaturated/α-hetero) is 2. The molecule has 0 N–H and O–H groups in total. The normalized spacial score (nSPS) is 21.3. The van der Waals surface area contributed by atoms with E-state index in [1.54, 1.807) is 9.80 Å². The van der Waals surface area contributed by atoms with Gasteiger partial charge in [-0.2, -0.15) is 0 Å². The van der Waals surface area contributed by atoms with E-state index in [2.05, 4.69) is 0 Å². The summed E-state index contributed by atoms with van der Waals surface area (Å²) in [5, 5.41) is 0. The molecule has 6 nitrogen and oxygen atoms in total. The van der Waals surface area contributed by atoms with Crippen molar-refractivity contribution in [1.82, 2.24) is 9.80 Å². The van der Waals surface area contributed by atoms with E-state index in [4.69, 9.17) is 0 Å². The summed E-state index contributed by atoms with van der Waals surface area (Å²) in [5.74, 6) is -0.249. The zero-order chi connectivity index (χ0) is 20.3. The van der Waals surface area contributed by atoms with Crippen molar-refractivity contribution >= 4 is 23.4 Å². The number of hydrogen-bond donors (Lipinski definition) is 0. The van der Waals surface area contributed by atoms with Crippen LogP contribution in [0.4, 0.5) is 0 Å². The van der Waals surface area contributed by atoms with Gasteiger partial charge in [-0.05, 0) is 39.5 Å². The lowest BCUT2D eigenvalue weighted by Gasteiger charge is -2.30. The Hall–Kier alpha value is -1.72. The standard InChI is InChI=1S/C16H24N2O4.2C2H6/c1-11(19)7-8-15(21)17-9-4-6-14(17)16(22)18-10-3-5-13(18)12(2)20;2*1-2/h13-14H,3-10H2,1-2H3;2*1-2H3. The van der Waals surface area contributed by atoms with Crippen LogP contribution in [0.15, 0.2) is 0 Å². The van der Waals surface area contributed by atoms with Gasteiger partial charge in [0.2, 0.25) is 11.8 Å². The van der Waals surface area contributed by atoms with Crippen molar-refractivity contribution in [2.75, 3.05) is 13.1 Å². The van der Waals surface area contributed by atoms with Gasteiger partial charge in [-0.1, -0.05) is 27.7 Å². The smallest absolute Gasteiger partial charge is 0.245 e.